The fraction of sp³-hybridized carbons (Fsp3) is 0.529. The van der Waals surface area contributed by atoms with E-state index in [4.69, 9.17) is 9.15 Å². The molecule has 1 saturated heterocycles. The van der Waals surface area contributed by atoms with Crippen LogP contribution in [0.5, 0.6) is 0 Å². The summed E-state index contributed by atoms with van der Waals surface area (Å²) in [6.07, 6.45) is 0.247. The topological polar surface area (TPSA) is 76.7 Å². The molecule has 3 rings (SSSR count). The SMILES string of the molecule is CC(CN1CCOCC1)NC(=O)CCn1c(=O)oc2ccccc21. The number of amides is 1. The molecule has 1 amide bonds. The van der Waals surface area contributed by atoms with Crippen LogP contribution < -0.4 is 11.1 Å². The Morgan fingerprint density at radius 3 is 2.83 bits per heavy atom. The maximum Gasteiger partial charge on any atom is 0.419 e. The molecule has 130 valence electrons. The van der Waals surface area contributed by atoms with Crippen molar-refractivity contribution in [2.24, 2.45) is 0 Å². The van der Waals surface area contributed by atoms with Crippen LogP contribution in [-0.2, 0) is 16.1 Å². The Morgan fingerprint density at radius 1 is 1.29 bits per heavy atom. The second kappa shape index (κ2) is 7.63. The summed E-state index contributed by atoms with van der Waals surface area (Å²) in [6.45, 7) is 6.41. The molecule has 0 aliphatic carbocycles. The summed E-state index contributed by atoms with van der Waals surface area (Å²) in [5, 5.41) is 2.99. The highest BCUT2D eigenvalue weighted by Gasteiger charge is 2.16. The number of oxazole rings is 1. The van der Waals surface area contributed by atoms with Gasteiger partial charge in [0.25, 0.3) is 0 Å². The molecule has 24 heavy (non-hydrogen) atoms. The van der Waals surface area contributed by atoms with Crippen molar-refractivity contribution in [3.8, 4) is 0 Å². The van der Waals surface area contributed by atoms with E-state index in [0.29, 0.717) is 12.1 Å². The number of carbonyl (C=O) groups excluding carboxylic acids is 1. The second-order valence-electron chi connectivity index (χ2n) is 6.12. The van der Waals surface area contributed by atoms with Crippen LogP contribution in [0.4, 0.5) is 0 Å². The van der Waals surface area contributed by atoms with Crippen LogP contribution in [0.1, 0.15) is 13.3 Å². The smallest absolute Gasteiger partial charge is 0.408 e. The molecular formula is C17H23N3O4. The van der Waals surface area contributed by atoms with Crippen molar-refractivity contribution in [2.75, 3.05) is 32.8 Å². The van der Waals surface area contributed by atoms with Gasteiger partial charge in [0.05, 0.1) is 18.7 Å². The second-order valence-corrected chi connectivity index (χ2v) is 6.12. The first kappa shape index (κ1) is 16.7. The first-order valence-corrected chi connectivity index (χ1v) is 8.31. The summed E-state index contributed by atoms with van der Waals surface area (Å²) in [5.74, 6) is -0.488. The molecule has 0 saturated carbocycles. The molecule has 1 aliphatic heterocycles. The number of carbonyl (C=O) groups is 1. The number of hydrogen-bond acceptors (Lipinski definition) is 5. The average Bonchev–Trinajstić information content (AvgIpc) is 2.89. The van der Waals surface area contributed by atoms with Gasteiger partial charge < -0.3 is 14.5 Å². The number of aryl methyl sites for hydroxylation is 1. The summed E-state index contributed by atoms with van der Waals surface area (Å²) >= 11 is 0. The van der Waals surface area contributed by atoms with Gasteiger partial charge in [0.2, 0.25) is 5.91 Å². The van der Waals surface area contributed by atoms with Gasteiger partial charge in [0.1, 0.15) is 0 Å². The van der Waals surface area contributed by atoms with Gasteiger partial charge in [-0.3, -0.25) is 14.3 Å². The number of rotatable bonds is 6. The van der Waals surface area contributed by atoms with Crippen LogP contribution in [-0.4, -0.2) is 54.3 Å². The normalized spacial score (nSPS) is 17.0. The van der Waals surface area contributed by atoms with Crippen molar-refractivity contribution < 1.29 is 13.9 Å². The molecule has 2 heterocycles. The fourth-order valence-electron chi connectivity index (χ4n) is 3.00. The Kier molecular flexibility index (Phi) is 5.32. The van der Waals surface area contributed by atoms with E-state index in [-0.39, 0.29) is 18.4 Å². The monoisotopic (exact) mass is 333 g/mol. The molecule has 1 N–H and O–H groups in total. The van der Waals surface area contributed by atoms with Crippen molar-refractivity contribution in [2.45, 2.75) is 25.9 Å². The summed E-state index contributed by atoms with van der Waals surface area (Å²) in [4.78, 5) is 26.3. The first-order chi connectivity index (χ1) is 11.6. The number of hydrogen-bond donors (Lipinski definition) is 1. The van der Waals surface area contributed by atoms with E-state index < -0.39 is 5.76 Å². The van der Waals surface area contributed by atoms with Gasteiger partial charge in [-0.1, -0.05) is 12.1 Å². The third-order valence-electron chi connectivity index (χ3n) is 4.18. The van der Waals surface area contributed by atoms with Gasteiger partial charge in [-0.15, -0.1) is 0 Å². The number of fused-ring (bicyclic) bond motifs is 1. The molecule has 2 aromatic rings. The molecule has 1 atom stereocenters. The zero-order valence-corrected chi connectivity index (χ0v) is 13.9. The summed E-state index contributed by atoms with van der Waals surface area (Å²) in [5.41, 5.74) is 1.26. The van der Waals surface area contributed by atoms with Gasteiger partial charge in [0.15, 0.2) is 5.58 Å². The number of nitrogens with zero attached hydrogens (tertiary/aromatic N) is 2. The van der Waals surface area contributed by atoms with Crippen LogP contribution in [0.2, 0.25) is 0 Å². The third-order valence-corrected chi connectivity index (χ3v) is 4.18. The van der Waals surface area contributed by atoms with Crippen LogP contribution in [0.15, 0.2) is 33.5 Å². The Labute approximate surface area is 140 Å². The molecular weight excluding hydrogens is 310 g/mol. The lowest BCUT2D eigenvalue weighted by Crippen LogP contribution is -2.46. The Hall–Kier alpha value is -2.12. The minimum atomic E-state index is -0.426. The summed E-state index contributed by atoms with van der Waals surface area (Å²) < 4.78 is 12.0. The summed E-state index contributed by atoms with van der Waals surface area (Å²) in [7, 11) is 0. The largest absolute Gasteiger partial charge is 0.419 e. The highest BCUT2D eigenvalue weighted by atomic mass is 16.5. The third kappa shape index (κ3) is 4.04. The minimum absolute atomic E-state index is 0.0621. The lowest BCUT2D eigenvalue weighted by Gasteiger charge is -2.29. The van der Waals surface area contributed by atoms with E-state index in [1.54, 1.807) is 6.07 Å². The highest BCUT2D eigenvalue weighted by molar-refractivity contribution is 5.77. The molecule has 1 aromatic carbocycles. The molecule has 1 aromatic heterocycles. The summed E-state index contributed by atoms with van der Waals surface area (Å²) in [6, 6.07) is 7.29. The standard InChI is InChI=1S/C17H23N3O4/c1-13(12-19-8-10-23-11-9-19)18-16(21)6-7-20-14-4-2-3-5-15(14)24-17(20)22/h2-5,13H,6-12H2,1H3,(H,18,21). The maximum atomic E-state index is 12.1. The Bertz CT molecular complexity index is 746. The highest BCUT2D eigenvalue weighted by Crippen LogP contribution is 2.12. The number of aromatic nitrogens is 1. The molecule has 1 aliphatic rings. The first-order valence-electron chi connectivity index (χ1n) is 8.31. The maximum absolute atomic E-state index is 12.1. The lowest BCUT2D eigenvalue weighted by atomic mass is 10.2. The number of morpholine rings is 1. The zero-order valence-electron chi connectivity index (χ0n) is 13.9. The molecule has 7 heteroatoms. The predicted molar refractivity (Wildman–Crippen MR) is 90.0 cm³/mol. The predicted octanol–water partition coefficient (Wildman–Crippen LogP) is 0.821. The van der Waals surface area contributed by atoms with Crippen molar-refractivity contribution in [3.63, 3.8) is 0 Å². The van der Waals surface area contributed by atoms with Gasteiger partial charge in [-0.25, -0.2) is 4.79 Å². The fourth-order valence-corrected chi connectivity index (χ4v) is 3.00. The van der Waals surface area contributed by atoms with Crippen molar-refractivity contribution >= 4 is 17.0 Å². The number of nitrogens with one attached hydrogen (secondary N) is 1. The lowest BCUT2D eigenvalue weighted by molar-refractivity contribution is -0.122. The van der Waals surface area contributed by atoms with Gasteiger partial charge in [-0.05, 0) is 19.1 Å². The van der Waals surface area contributed by atoms with Crippen LogP contribution in [0.25, 0.3) is 11.1 Å². The minimum Gasteiger partial charge on any atom is -0.408 e. The van der Waals surface area contributed by atoms with E-state index in [2.05, 4.69) is 10.2 Å². The van der Waals surface area contributed by atoms with Crippen LogP contribution >= 0.6 is 0 Å². The quantitative estimate of drug-likeness (QED) is 0.847. The number of ether oxygens (including phenoxy) is 1. The number of benzene rings is 1. The molecule has 0 bridgehead atoms. The van der Waals surface area contributed by atoms with Crippen LogP contribution in [0, 0.1) is 0 Å². The molecule has 1 unspecified atom stereocenters. The Balaban J connectivity index is 1.51. The molecule has 7 nitrogen and oxygen atoms in total. The van der Waals surface area contributed by atoms with Crippen molar-refractivity contribution in [1.29, 1.82) is 0 Å². The van der Waals surface area contributed by atoms with Crippen molar-refractivity contribution in [3.05, 3.63) is 34.8 Å². The van der Waals surface area contributed by atoms with E-state index in [1.165, 1.54) is 4.57 Å². The van der Waals surface area contributed by atoms with Crippen molar-refractivity contribution in [1.82, 2.24) is 14.8 Å². The van der Waals surface area contributed by atoms with E-state index in [0.717, 1.165) is 38.4 Å². The molecule has 0 spiro atoms. The van der Waals surface area contributed by atoms with E-state index in [9.17, 15) is 9.59 Å². The molecule has 1 fully saturated rings. The van der Waals surface area contributed by atoms with Gasteiger partial charge in [-0.2, -0.15) is 0 Å². The number of para-hydroxylation sites is 2. The average molecular weight is 333 g/mol. The van der Waals surface area contributed by atoms with Gasteiger partial charge >= 0.3 is 5.76 Å². The zero-order chi connectivity index (χ0) is 16.9. The van der Waals surface area contributed by atoms with Crippen LogP contribution in [0.3, 0.4) is 0 Å². The Morgan fingerprint density at radius 2 is 2.04 bits per heavy atom. The molecule has 0 radical (unpaired) electrons. The van der Waals surface area contributed by atoms with E-state index >= 15 is 0 Å². The van der Waals surface area contributed by atoms with Gasteiger partial charge in [0, 0.05) is 38.6 Å². The van der Waals surface area contributed by atoms with E-state index in [1.807, 2.05) is 25.1 Å².